The summed E-state index contributed by atoms with van der Waals surface area (Å²) in [5.41, 5.74) is -0.656. The highest BCUT2D eigenvalue weighted by Crippen LogP contribution is 2.36. The first kappa shape index (κ1) is 20.4. The molecule has 29 heavy (non-hydrogen) atoms. The summed E-state index contributed by atoms with van der Waals surface area (Å²) in [6.45, 7) is 6.11. The Morgan fingerprint density at radius 1 is 1.34 bits per heavy atom. The van der Waals surface area contributed by atoms with Crippen LogP contribution in [0, 0.1) is 5.41 Å². The smallest absolute Gasteiger partial charge is 0.254 e. The zero-order valence-electron chi connectivity index (χ0n) is 16.6. The van der Waals surface area contributed by atoms with Gasteiger partial charge in [-0.2, -0.15) is 9.78 Å². The molecular weight excluding hydrogens is 412 g/mol. The molecule has 7 nitrogen and oxygen atoms in total. The molecular formula is C20H25ClN4O3S. The van der Waals surface area contributed by atoms with Crippen molar-refractivity contribution in [2.45, 2.75) is 45.1 Å². The van der Waals surface area contributed by atoms with E-state index in [2.05, 4.69) is 15.7 Å². The second-order valence-electron chi connectivity index (χ2n) is 8.20. The third-order valence-electron chi connectivity index (χ3n) is 6.06. The van der Waals surface area contributed by atoms with Gasteiger partial charge >= 0.3 is 0 Å². The number of thiophene rings is 1. The maximum absolute atomic E-state index is 13.5. The van der Waals surface area contributed by atoms with Crippen molar-refractivity contribution in [2.24, 2.45) is 5.41 Å². The van der Waals surface area contributed by atoms with Crippen LogP contribution in [0.1, 0.15) is 48.5 Å². The summed E-state index contributed by atoms with van der Waals surface area (Å²) in [4.78, 5) is 27.0. The predicted molar refractivity (Wildman–Crippen MR) is 113 cm³/mol. The van der Waals surface area contributed by atoms with Crippen molar-refractivity contribution < 1.29 is 14.3 Å². The predicted octanol–water partition coefficient (Wildman–Crippen LogP) is 3.44. The maximum Gasteiger partial charge on any atom is 0.254 e. The van der Waals surface area contributed by atoms with Crippen LogP contribution >= 0.6 is 22.9 Å². The monoisotopic (exact) mass is 436 g/mol. The van der Waals surface area contributed by atoms with Gasteiger partial charge in [-0.05, 0) is 38.3 Å². The zero-order valence-corrected chi connectivity index (χ0v) is 18.2. The highest BCUT2D eigenvalue weighted by molar-refractivity contribution is 7.16. The lowest BCUT2D eigenvalue weighted by atomic mass is 9.81. The van der Waals surface area contributed by atoms with Gasteiger partial charge in [0.1, 0.15) is 5.82 Å². The van der Waals surface area contributed by atoms with Crippen molar-refractivity contribution in [3.8, 4) is 0 Å². The molecule has 2 aliphatic heterocycles. The van der Waals surface area contributed by atoms with Crippen molar-refractivity contribution in [2.75, 3.05) is 25.1 Å². The largest absolute Gasteiger partial charge is 0.381 e. The molecule has 2 saturated heterocycles. The quantitative estimate of drug-likeness (QED) is 0.749. The van der Waals surface area contributed by atoms with E-state index < -0.39 is 10.8 Å². The van der Waals surface area contributed by atoms with Crippen LogP contribution in [-0.2, 0) is 21.5 Å². The Kier molecular flexibility index (Phi) is 5.44. The second-order valence-corrected chi connectivity index (χ2v) is 10.0. The molecule has 2 fully saturated rings. The zero-order chi connectivity index (χ0) is 20.6. The van der Waals surface area contributed by atoms with Gasteiger partial charge in [0.25, 0.3) is 5.91 Å². The minimum absolute atomic E-state index is 0.0523. The summed E-state index contributed by atoms with van der Waals surface area (Å²) < 4.78 is 7.61. The highest BCUT2D eigenvalue weighted by atomic mass is 35.5. The molecule has 0 radical (unpaired) electrons. The van der Waals surface area contributed by atoms with Gasteiger partial charge in [-0.3, -0.25) is 9.59 Å². The van der Waals surface area contributed by atoms with E-state index in [1.165, 1.54) is 16.0 Å². The first-order valence-electron chi connectivity index (χ1n) is 9.81. The molecule has 4 rings (SSSR count). The molecule has 2 aliphatic rings. The van der Waals surface area contributed by atoms with Gasteiger partial charge in [0.15, 0.2) is 0 Å². The number of hydrogen-bond acceptors (Lipinski definition) is 6. The third kappa shape index (κ3) is 3.81. The topological polar surface area (TPSA) is 85.2 Å². The Bertz CT molecular complexity index is 934. The van der Waals surface area contributed by atoms with Crippen molar-refractivity contribution in [1.82, 2.24) is 15.1 Å². The number of carbonyl (C=O) groups is 2. The summed E-state index contributed by atoms with van der Waals surface area (Å²) in [7, 11) is 0. The average molecular weight is 437 g/mol. The highest BCUT2D eigenvalue weighted by Gasteiger charge is 2.44. The standard InChI is InChI=1S/C20H25ClN4O3S/c1-19(6-9-28-10-7-19)18(27)25-16(23-12-13-3-4-15(21)29-13)11-14(24-25)20(2)5-8-22-17(20)26/h3-4,11,23H,5-10,12H2,1-2H3,(H,22,26). The number of ether oxygens (including phenoxy) is 1. The third-order valence-corrected chi connectivity index (χ3v) is 7.30. The molecule has 0 saturated carbocycles. The molecule has 0 aliphatic carbocycles. The van der Waals surface area contributed by atoms with E-state index in [9.17, 15) is 9.59 Å². The minimum atomic E-state index is -0.731. The number of nitrogens with one attached hydrogen (secondary N) is 2. The number of nitrogens with zero attached hydrogens (tertiary/aromatic N) is 2. The minimum Gasteiger partial charge on any atom is -0.381 e. The Morgan fingerprint density at radius 3 is 2.72 bits per heavy atom. The van der Waals surface area contributed by atoms with Gasteiger partial charge in [-0.25, -0.2) is 0 Å². The fraction of sp³-hybridized carbons (Fsp3) is 0.550. The van der Waals surface area contributed by atoms with E-state index in [0.29, 0.717) is 57.1 Å². The summed E-state index contributed by atoms with van der Waals surface area (Å²) in [6, 6.07) is 5.64. The Hall–Kier alpha value is -1.90. The maximum atomic E-state index is 13.5. The Morgan fingerprint density at radius 2 is 2.10 bits per heavy atom. The van der Waals surface area contributed by atoms with Crippen LogP contribution in [0.4, 0.5) is 5.82 Å². The molecule has 0 bridgehead atoms. The van der Waals surface area contributed by atoms with Gasteiger partial charge in [-0.1, -0.05) is 18.5 Å². The fourth-order valence-corrected chi connectivity index (χ4v) is 4.85. The summed E-state index contributed by atoms with van der Waals surface area (Å²) >= 11 is 7.52. The number of amides is 1. The second kappa shape index (κ2) is 7.74. The van der Waals surface area contributed by atoms with E-state index in [0.717, 1.165) is 9.21 Å². The molecule has 156 valence electrons. The molecule has 2 aromatic rings. The lowest BCUT2D eigenvalue weighted by Gasteiger charge is -2.31. The first-order chi connectivity index (χ1) is 13.8. The van der Waals surface area contributed by atoms with E-state index in [-0.39, 0.29) is 11.8 Å². The van der Waals surface area contributed by atoms with Crippen LogP contribution in [0.25, 0.3) is 0 Å². The number of hydrogen-bond donors (Lipinski definition) is 2. The van der Waals surface area contributed by atoms with Crippen LogP contribution in [0.2, 0.25) is 4.34 Å². The van der Waals surface area contributed by atoms with Gasteiger partial charge in [0.05, 0.1) is 27.4 Å². The van der Waals surface area contributed by atoms with Crippen LogP contribution in [0.3, 0.4) is 0 Å². The van der Waals surface area contributed by atoms with Crippen LogP contribution < -0.4 is 10.6 Å². The molecule has 0 aromatic carbocycles. The van der Waals surface area contributed by atoms with Gasteiger partial charge < -0.3 is 15.4 Å². The number of rotatable bonds is 5. The number of anilines is 1. The van der Waals surface area contributed by atoms with Gasteiger partial charge in [-0.15, -0.1) is 11.3 Å². The fourth-order valence-electron chi connectivity index (χ4n) is 3.83. The molecule has 2 N–H and O–H groups in total. The van der Waals surface area contributed by atoms with Crippen molar-refractivity contribution >= 4 is 40.6 Å². The van der Waals surface area contributed by atoms with E-state index in [1.54, 1.807) is 0 Å². The van der Waals surface area contributed by atoms with Crippen LogP contribution in [0.15, 0.2) is 18.2 Å². The summed E-state index contributed by atoms with van der Waals surface area (Å²) in [5.74, 6) is 0.479. The molecule has 4 heterocycles. The summed E-state index contributed by atoms with van der Waals surface area (Å²) in [5, 5.41) is 10.8. The summed E-state index contributed by atoms with van der Waals surface area (Å²) in [6.07, 6.45) is 1.96. The SMILES string of the molecule is CC1(C(=O)n2nc(C3(C)CCNC3=O)cc2NCc2ccc(Cl)s2)CCOCC1. The van der Waals surface area contributed by atoms with Gasteiger partial charge in [0.2, 0.25) is 5.91 Å². The normalized spacial score (nSPS) is 23.8. The lowest BCUT2D eigenvalue weighted by Crippen LogP contribution is -2.39. The van der Waals surface area contributed by atoms with Crippen LogP contribution in [-0.4, -0.2) is 41.4 Å². The van der Waals surface area contributed by atoms with E-state index >= 15 is 0 Å². The number of halogens is 1. The first-order valence-corrected chi connectivity index (χ1v) is 11.0. The van der Waals surface area contributed by atoms with Crippen molar-refractivity contribution in [1.29, 1.82) is 0 Å². The van der Waals surface area contributed by atoms with Crippen molar-refractivity contribution in [3.63, 3.8) is 0 Å². The molecule has 1 amide bonds. The number of aromatic nitrogens is 2. The molecule has 2 aromatic heterocycles. The van der Waals surface area contributed by atoms with Crippen molar-refractivity contribution in [3.05, 3.63) is 33.1 Å². The van der Waals surface area contributed by atoms with Gasteiger partial charge in [0, 0.05) is 30.7 Å². The molecule has 9 heteroatoms. The average Bonchev–Trinajstić information content (AvgIpc) is 3.40. The Labute approximate surface area is 178 Å². The van der Waals surface area contributed by atoms with Crippen LogP contribution in [0.5, 0.6) is 0 Å². The molecule has 1 atom stereocenters. The molecule has 0 spiro atoms. The van der Waals surface area contributed by atoms with E-state index in [1.807, 2.05) is 32.0 Å². The van der Waals surface area contributed by atoms with E-state index in [4.69, 9.17) is 16.3 Å². The number of carbonyl (C=O) groups excluding carboxylic acids is 2. The lowest BCUT2D eigenvalue weighted by molar-refractivity contribution is -0.123. The molecule has 1 unspecified atom stereocenters. The Balaban J connectivity index is 1.67.